The van der Waals surface area contributed by atoms with Gasteiger partial charge in [0.05, 0.1) is 36.2 Å². The molecule has 0 spiro atoms. The standard InChI is InChI=1S/C27H32N2O6/c1-34-25(30)22-15-28(7-6-27-12-17-8-18(13-27)10-19(9-17)14-27)16-23(26(31)35-2)24(22)20-4-3-5-21(11-20)29(32)33/h3-5,11,15-19,24H,6-10,12-14H2,1-2H3. The first kappa shape index (κ1) is 23.6. The predicted octanol–water partition coefficient (Wildman–Crippen LogP) is 4.71. The summed E-state index contributed by atoms with van der Waals surface area (Å²) in [5, 5.41) is 11.4. The second-order valence-corrected chi connectivity index (χ2v) is 10.8. The zero-order valence-electron chi connectivity index (χ0n) is 20.3. The molecule has 4 aliphatic carbocycles. The Kier molecular flexibility index (Phi) is 6.15. The van der Waals surface area contributed by atoms with Crippen LogP contribution in [0.1, 0.15) is 56.4 Å². The van der Waals surface area contributed by atoms with Crippen LogP contribution >= 0.6 is 0 Å². The number of hydrogen-bond acceptors (Lipinski definition) is 7. The number of esters is 2. The number of carbonyl (C=O) groups is 2. The summed E-state index contributed by atoms with van der Waals surface area (Å²) in [6.45, 7) is 0.689. The van der Waals surface area contributed by atoms with Crippen molar-refractivity contribution in [3.63, 3.8) is 0 Å². The first-order chi connectivity index (χ1) is 16.8. The number of nitro groups is 1. The van der Waals surface area contributed by atoms with Crippen LogP contribution < -0.4 is 0 Å². The molecule has 35 heavy (non-hydrogen) atoms. The van der Waals surface area contributed by atoms with E-state index in [-0.39, 0.29) is 16.8 Å². The summed E-state index contributed by atoms with van der Waals surface area (Å²) in [5.41, 5.74) is 1.24. The fourth-order valence-corrected chi connectivity index (χ4v) is 7.56. The summed E-state index contributed by atoms with van der Waals surface area (Å²) in [6, 6.07) is 6.00. The Morgan fingerprint density at radius 3 is 2.03 bits per heavy atom. The predicted molar refractivity (Wildman–Crippen MR) is 128 cm³/mol. The molecule has 4 saturated carbocycles. The average molecular weight is 481 g/mol. The van der Waals surface area contributed by atoms with E-state index in [9.17, 15) is 19.7 Å². The summed E-state index contributed by atoms with van der Waals surface area (Å²) in [6.07, 6.45) is 12.5. The largest absolute Gasteiger partial charge is 0.466 e. The van der Waals surface area contributed by atoms with Gasteiger partial charge in [-0.05, 0) is 73.7 Å². The Balaban J connectivity index is 1.45. The molecule has 186 valence electrons. The Labute approximate surface area is 205 Å². The summed E-state index contributed by atoms with van der Waals surface area (Å²) in [4.78, 5) is 38.5. The topological polar surface area (TPSA) is 99.0 Å². The van der Waals surface area contributed by atoms with Crippen molar-refractivity contribution in [1.82, 2.24) is 4.90 Å². The van der Waals surface area contributed by atoms with Crippen LogP contribution in [0.15, 0.2) is 47.8 Å². The first-order valence-electron chi connectivity index (χ1n) is 12.4. The van der Waals surface area contributed by atoms with Crippen molar-refractivity contribution in [2.75, 3.05) is 20.8 Å². The molecule has 1 heterocycles. The molecule has 1 aliphatic heterocycles. The SMILES string of the molecule is COC(=O)C1=CN(CCC23CC4CC(CC(C4)C2)C3)C=C(C(=O)OC)C1c1cccc([N+](=O)[O-])c1. The fourth-order valence-electron chi connectivity index (χ4n) is 7.56. The molecule has 0 saturated heterocycles. The number of carbonyl (C=O) groups excluding carboxylic acids is 2. The smallest absolute Gasteiger partial charge is 0.336 e. The van der Waals surface area contributed by atoms with E-state index in [0.717, 1.165) is 24.2 Å². The molecule has 0 amide bonds. The van der Waals surface area contributed by atoms with Gasteiger partial charge in [-0.25, -0.2) is 9.59 Å². The van der Waals surface area contributed by atoms with E-state index in [2.05, 4.69) is 0 Å². The van der Waals surface area contributed by atoms with Crippen LogP contribution in [0.2, 0.25) is 0 Å². The summed E-state index contributed by atoms with van der Waals surface area (Å²) >= 11 is 0. The van der Waals surface area contributed by atoms with Crippen LogP contribution in [-0.4, -0.2) is 42.5 Å². The molecule has 0 N–H and O–H groups in total. The zero-order chi connectivity index (χ0) is 24.7. The molecule has 0 atom stereocenters. The van der Waals surface area contributed by atoms with E-state index in [1.807, 2.05) is 4.90 Å². The first-order valence-corrected chi connectivity index (χ1v) is 12.4. The highest BCUT2D eigenvalue weighted by Gasteiger charge is 2.50. The highest BCUT2D eigenvalue weighted by molar-refractivity contribution is 5.98. The lowest BCUT2D eigenvalue weighted by Crippen LogP contribution is -2.47. The molecule has 1 aromatic carbocycles. The van der Waals surface area contributed by atoms with Crippen molar-refractivity contribution in [3.05, 3.63) is 63.5 Å². The fraction of sp³-hybridized carbons (Fsp3) is 0.556. The minimum absolute atomic E-state index is 0.111. The lowest BCUT2D eigenvalue weighted by atomic mass is 9.49. The molecule has 0 unspecified atom stereocenters. The van der Waals surface area contributed by atoms with Crippen molar-refractivity contribution in [2.24, 2.45) is 23.2 Å². The number of nitro benzene ring substituents is 1. The van der Waals surface area contributed by atoms with E-state index >= 15 is 0 Å². The van der Waals surface area contributed by atoms with E-state index < -0.39 is 22.8 Å². The Morgan fingerprint density at radius 2 is 1.54 bits per heavy atom. The van der Waals surface area contributed by atoms with E-state index in [1.165, 1.54) is 64.9 Å². The third kappa shape index (κ3) is 4.46. The molecule has 4 fully saturated rings. The van der Waals surface area contributed by atoms with Gasteiger partial charge in [0.2, 0.25) is 0 Å². The van der Waals surface area contributed by atoms with Gasteiger partial charge in [0.1, 0.15) is 0 Å². The van der Waals surface area contributed by atoms with Gasteiger partial charge in [0, 0.05) is 31.1 Å². The number of benzene rings is 1. The van der Waals surface area contributed by atoms with Crippen molar-refractivity contribution in [1.29, 1.82) is 0 Å². The summed E-state index contributed by atoms with van der Waals surface area (Å²) in [7, 11) is 2.59. The molecule has 4 bridgehead atoms. The number of methoxy groups -OCH3 is 2. The molecule has 0 aromatic heterocycles. The van der Waals surface area contributed by atoms with Gasteiger partial charge in [-0.15, -0.1) is 0 Å². The van der Waals surface area contributed by atoms with Crippen LogP contribution in [0, 0.1) is 33.3 Å². The molecular formula is C27H32N2O6. The number of rotatable bonds is 7. The van der Waals surface area contributed by atoms with Gasteiger partial charge in [-0.2, -0.15) is 0 Å². The molecule has 0 radical (unpaired) electrons. The molecular weight excluding hydrogens is 448 g/mol. The van der Waals surface area contributed by atoms with Gasteiger partial charge in [0.15, 0.2) is 0 Å². The third-order valence-electron chi connectivity index (χ3n) is 8.55. The molecule has 1 aromatic rings. The average Bonchev–Trinajstić information content (AvgIpc) is 2.85. The lowest BCUT2D eigenvalue weighted by molar-refractivity contribution is -0.384. The van der Waals surface area contributed by atoms with Crippen LogP contribution in [0.25, 0.3) is 0 Å². The van der Waals surface area contributed by atoms with Gasteiger partial charge in [-0.1, -0.05) is 12.1 Å². The van der Waals surface area contributed by atoms with E-state index in [1.54, 1.807) is 24.5 Å². The van der Waals surface area contributed by atoms with Crippen LogP contribution in [-0.2, 0) is 19.1 Å². The number of non-ortho nitro benzene ring substituents is 1. The maximum Gasteiger partial charge on any atom is 0.336 e. The maximum atomic E-state index is 12.9. The highest BCUT2D eigenvalue weighted by atomic mass is 16.6. The van der Waals surface area contributed by atoms with Crippen LogP contribution in [0.4, 0.5) is 5.69 Å². The Bertz CT molecular complexity index is 1040. The second kappa shape index (κ2) is 9.13. The number of nitrogens with zero attached hydrogens (tertiary/aromatic N) is 2. The van der Waals surface area contributed by atoms with Gasteiger partial charge in [0.25, 0.3) is 5.69 Å². The monoisotopic (exact) mass is 480 g/mol. The van der Waals surface area contributed by atoms with Gasteiger partial charge >= 0.3 is 11.9 Å². The number of hydrogen-bond donors (Lipinski definition) is 0. The van der Waals surface area contributed by atoms with Crippen LogP contribution in [0.3, 0.4) is 0 Å². The molecule has 6 rings (SSSR count). The van der Waals surface area contributed by atoms with E-state index in [4.69, 9.17) is 9.47 Å². The van der Waals surface area contributed by atoms with Crippen molar-refractivity contribution < 1.29 is 24.0 Å². The van der Waals surface area contributed by atoms with Crippen LogP contribution in [0.5, 0.6) is 0 Å². The van der Waals surface area contributed by atoms with E-state index in [0.29, 0.717) is 17.5 Å². The maximum absolute atomic E-state index is 12.9. The third-order valence-corrected chi connectivity index (χ3v) is 8.55. The number of ether oxygens (including phenoxy) is 2. The second-order valence-electron chi connectivity index (χ2n) is 10.8. The highest BCUT2D eigenvalue weighted by Crippen LogP contribution is 2.61. The lowest BCUT2D eigenvalue weighted by Gasteiger charge is -2.57. The summed E-state index contributed by atoms with van der Waals surface area (Å²) < 4.78 is 10.1. The zero-order valence-corrected chi connectivity index (χ0v) is 20.3. The summed E-state index contributed by atoms with van der Waals surface area (Å²) in [5.74, 6) is 0.590. The van der Waals surface area contributed by atoms with Crippen molar-refractivity contribution in [2.45, 2.75) is 50.9 Å². The normalized spacial score (nSPS) is 29.4. The molecule has 8 heteroatoms. The Hall–Kier alpha value is -3.16. The minimum atomic E-state index is -0.814. The molecule has 8 nitrogen and oxygen atoms in total. The van der Waals surface area contributed by atoms with Gasteiger partial charge in [-0.3, -0.25) is 10.1 Å². The van der Waals surface area contributed by atoms with Crippen molar-refractivity contribution >= 4 is 17.6 Å². The molecule has 5 aliphatic rings. The minimum Gasteiger partial charge on any atom is -0.466 e. The van der Waals surface area contributed by atoms with Gasteiger partial charge < -0.3 is 14.4 Å². The quantitative estimate of drug-likeness (QED) is 0.316. The Morgan fingerprint density at radius 1 is 1.00 bits per heavy atom. The van der Waals surface area contributed by atoms with Crippen molar-refractivity contribution in [3.8, 4) is 0 Å².